The predicted octanol–water partition coefficient (Wildman–Crippen LogP) is 3.06. The fourth-order valence-electron chi connectivity index (χ4n) is 2.73. The third-order valence-electron chi connectivity index (χ3n) is 4.20. The topological polar surface area (TPSA) is 87.9 Å². The molecule has 0 aliphatic heterocycles. The molecule has 3 rings (SSSR count). The van der Waals surface area contributed by atoms with E-state index in [-0.39, 0.29) is 5.91 Å². The van der Waals surface area contributed by atoms with E-state index in [0.29, 0.717) is 37.5 Å². The van der Waals surface area contributed by atoms with Crippen molar-refractivity contribution in [3.8, 4) is 11.4 Å². The number of carbonyl (C=O) groups is 1. The van der Waals surface area contributed by atoms with Crippen molar-refractivity contribution in [3.05, 3.63) is 53.4 Å². The average molecular weight is 353 g/mol. The van der Waals surface area contributed by atoms with Crippen molar-refractivity contribution in [2.45, 2.75) is 39.7 Å². The minimum atomic E-state index is 0.0673. The van der Waals surface area contributed by atoms with Gasteiger partial charge >= 0.3 is 0 Å². The van der Waals surface area contributed by atoms with Gasteiger partial charge in [-0.3, -0.25) is 4.79 Å². The molecule has 7 heteroatoms. The lowest BCUT2D eigenvalue weighted by Gasteiger charge is -2.15. The van der Waals surface area contributed by atoms with Crippen LogP contribution in [-0.4, -0.2) is 38.0 Å². The van der Waals surface area contributed by atoms with E-state index in [1.165, 1.54) is 0 Å². The van der Waals surface area contributed by atoms with Crippen molar-refractivity contribution >= 4 is 5.91 Å². The number of imidazole rings is 1. The van der Waals surface area contributed by atoms with Crippen LogP contribution in [0.25, 0.3) is 11.4 Å². The third kappa shape index (κ3) is 4.36. The van der Waals surface area contributed by atoms with Crippen LogP contribution in [-0.2, 0) is 17.8 Å². The van der Waals surface area contributed by atoms with E-state index >= 15 is 0 Å². The Kier molecular flexibility index (Phi) is 5.46. The highest BCUT2D eigenvalue weighted by Crippen LogP contribution is 2.20. The van der Waals surface area contributed by atoms with Crippen molar-refractivity contribution in [1.82, 2.24) is 25.0 Å². The molecule has 0 saturated carbocycles. The second-order valence-electron chi connectivity index (χ2n) is 6.44. The van der Waals surface area contributed by atoms with Crippen LogP contribution in [0.1, 0.15) is 35.8 Å². The van der Waals surface area contributed by atoms with E-state index in [4.69, 9.17) is 4.52 Å². The number of hydrogen-bond acceptors (Lipinski definition) is 5. The normalized spacial score (nSPS) is 10.9. The van der Waals surface area contributed by atoms with Crippen molar-refractivity contribution in [2.24, 2.45) is 0 Å². The van der Waals surface area contributed by atoms with E-state index in [9.17, 15) is 4.79 Å². The molecule has 7 nitrogen and oxygen atoms in total. The van der Waals surface area contributed by atoms with Gasteiger partial charge in [-0.1, -0.05) is 29.4 Å². The van der Waals surface area contributed by atoms with Gasteiger partial charge in [-0.25, -0.2) is 4.98 Å². The molecule has 0 atom stereocenters. The van der Waals surface area contributed by atoms with Gasteiger partial charge in [0, 0.05) is 37.3 Å². The second kappa shape index (κ2) is 7.95. The number of nitrogens with zero attached hydrogens (tertiary/aromatic N) is 4. The predicted molar refractivity (Wildman–Crippen MR) is 97.2 cm³/mol. The summed E-state index contributed by atoms with van der Waals surface area (Å²) in [6.45, 7) is 4.43. The number of nitrogens with one attached hydrogen (secondary N) is 1. The molecule has 26 heavy (non-hydrogen) atoms. The Bertz CT molecular complexity index is 883. The zero-order chi connectivity index (χ0) is 18.5. The number of aromatic nitrogens is 4. The van der Waals surface area contributed by atoms with Gasteiger partial charge in [0.15, 0.2) is 0 Å². The SMILES string of the molecule is Cc1cnc(CN(C)C(=O)CCCc2nc(-c3ccccc3C)no2)[nH]1. The minimum absolute atomic E-state index is 0.0673. The van der Waals surface area contributed by atoms with Gasteiger partial charge in [0.25, 0.3) is 0 Å². The molecule has 0 radical (unpaired) electrons. The summed E-state index contributed by atoms with van der Waals surface area (Å²) in [6.07, 6.45) is 3.43. The van der Waals surface area contributed by atoms with Gasteiger partial charge in [-0.2, -0.15) is 4.98 Å². The second-order valence-corrected chi connectivity index (χ2v) is 6.44. The van der Waals surface area contributed by atoms with Gasteiger partial charge in [0.1, 0.15) is 5.82 Å². The van der Waals surface area contributed by atoms with Crippen LogP contribution in [0.2, 0.25) is 0 Å². The van der Waals surface area contributed by atoms with Crippen molar-refractivity contribution in [1.29, 1.82) is 0 Å². The van der Waals surface area contributed by atoms with Gasteiger partial charge < -0.3 is 14.4 Å². The lowest BCUT2D eigenvalue weighted by Crippen LogP contribution is -2.26. The third-order valence-corrected chi connectivity index (χ3v) is 4.20. The summed E-state index contributed by atoms with van der Waals surface area (Å²) in [7, 11) is 1.78. The molecule has 0 aliphatic rings. The minimum Gasteiger partial charge on any atom is -0.345 e. The number of aromatic amines is 1. The highest BCUT2D eigenvalue weighted by Gasteiger charge is 2.13. The van der Waals surface area contributed by atoms with Crippen LogP contribution >= 0.6 is 0 Å². The molecular weight excluding hydrogens is 330 g/mol. The van der Waals surface area contributed by atoms with Gasteiger partial charge in [0.05, 0.1) is 6.54 Å². The molecule has 3 aromatic rings. The first-order chi connectivity index (χ1) is 12.5. The Morgan fingerprint density at radius 3 is 2.81 bits per heavy atom. The number of carbonyl (C=O) groups excluding carboxylic acids is 1. The van der Waals surface area contributed by atoms with E-state index in [0.717, 1.165) is 22.6 Å². The van der Waals surface area contributed by atoms with E-state index in [2.05, 4.69) is 20.1 Å². The summed E-state index contributed by atoms with van der Waals surface area (Å²) < 4.78 is 5.31. The first kappa shape index (κ1) is 17.8. The molecule has 0 aliphatic carbocycles. The molecule has 0 unspecified atom stereocenters. The van der Waals surface area contributed by atoms with Crippen LogP contribution in [0, 0.1) is 13.8 Å². The van der Waals surface area contributed by atoms with E-state index < -0.39 is 0 Å². The highest BCUT2D eigenvalue weighted by molar-refractivity contribution is 5.75. The fraction of sp³-hybridized carbons (Fsp3) is 0.368. The number of H-pyrrole nitrogens is 1. The maximum atomic E-state index is 12.2. The number of rotatable bonds is 7. The lowest BCUT2D eigenvalue weighted by molar-refractivity contribution is -0.130. The zero-order valence-electron chi connectivity index (χ0n) is 15.3. The molecule has 0 bridgehead atoms. The summed E-state index contributed by atoms with van der Waals surface area (Å²) in [5.74, 6) is 2.01. The maximum Gasteiger partial charge on any atom is 0.226 e. The van der Waals surface area contributed by atoms with Crippen molar-refractivity contribution in [2.75, 3.05) is 7.05 Å². The largest absolute Gasteiger partial charge is 0.345 e. The fourth-order valence-corrected chi connectivity index (χ4v) is 2.73. The lowest BCUT2D eigenvalue weighted by atomic mass is 10.1. The van der Waals surface area contributed by atoms with Crippen molar-refractivity contribution in [3.63, 3.8) is 0 Å². The Morgan fingerprint density at radius 2 is 2.08 bits per heavy atom. The Hall–Kier alpha value is -2.96. The zero-order valence-corrected chi connectivity index (χ0v) is 15.3. The smallest absolute Gasteiger partial charge is 0.226 e. The number of aryl methyl sites for hydroxylation is 3. The first-order valence-electron chi connectivity index (χ1n) is 8.66. The van der Waals surface area contributed by atoms with E-state index in [1.807, 2.05) is 38.1 Å². The van der Waals surface area contributed by atoms with Crippen LogP contribution < -0.4 is 0 Å². The van der Waals surface area contributed by atoms with Gasteiger partial charge in [-0.05, 0) is 25.8 Å². The molecule has 136 valence electrons. The summed E-state index contributed by atoms with van der Waals surface area (Å²) in [4.78, 5) is 25.7. The van der Waals surface area contributed by atoms with Gasteiger partial charge in [-0.15, -0.1) is 0 Å². The standard InChI is InChI=1S/C19H23N5O2/c1-13-7-4-5-8-15(13)19-22-17(26-23-19)9-6-10-18(25)24(3)12-16-20-11-14(2)21-16/h4-5,7-8,11H,6,9-10,12H2,1-3H3,(H,20,21). The van der Waals surface area contributed by atoms with Crippen LogP contribution in [0.4, 0.5) is 0 Å². The quantitative estimate of drug-likeness (QED) is 0.705. The van der Waals surface area contributed by atoms with Crippen LogP contribution in [0.5, 0.6) is 0 Å². The molecule has 0 fully saturated rings. The molecule has 2 heterocycles. The monoisotopic (exact) mass is 353 g/mol. The summed E-state index contributed by atoms with van der Waals surface area (Å²) in [6, 6.07) is 7.92. The Balaban J connectivity index is 1.49. The maximum absolute atomic E-state index is 12.2. The molecule has 1 N–H and O–H groups in total. The van der Waals surface area contributed by atoms with Crippen LogP contribution in [0.15, 0.2) is 35.0 Å². The molecule has 1 amide bonds. The first-order valence-corrected chi connectivity index (χ1v) is 8.66. The number of hydrogen-bond donors (Lipinski definition) is 1. The molecule has 0 spiro atoms. The Labute approximate surface area is 152 Å². The van der Waals surface area contributed by atoms with Crippen molar-refractivity contribution < 1.29 is 9.32 Å². The summed E-state index contributed by atoms with van der Waals surface area (Å²) in [5, 5.41) is 4.04. The number of amides is 1. The summed E-state index contributed by atoms with van der Waals surface area (Å²) >= 11 is 0. The average Bonchev–Trinajstić information content (AvgIpc) is 3.24. The summed E-state index contributed by atoms with van der Waals surface area (Å²) in [5.41, 5.74) is 3.05. The van der Waals surface area contributed by atoms with Gasteiger partial charge in [0.2, 0.25) is 17.6 Å². The van der Waals surface area contributed by atoms with Crippen LogP contribution in [0.3, 0.4) is 0 Å². The highest BCUT2D eigenvalue weighted by atomic mass is 16.5. The molecule has 0 saturated heterocycles. The number of benzene rings is 1. The van der Waals surface area contributed by atoms with E-state index in [1.54, 1.807) is 18.1 Å². The molecule has 2 aromatic heterocycles. The Morgan fingerprint density at radius 1 is 1.27 bits per heavy atom. The molecule has 1 aromatic carbocycles. The molecular formula is C19H23N5O2.